The van der Waals surface area contributed by atoms with Crippen molar-refractivity contribution in [1.29, 1.82) is 0 Å². The first-order valence-electron chi connectivity index (χ1n) is 6.82. The van der Waals surface area contributed by atoms with Gasteiger partial charge in [-0.25, -0.2) is 13.8 Å². The molecule has 0 aliphatic heterocycles. The number of oxazole rings is 1. The summed E-state index contributed by atoms with van der Waals surface area (Å²) in [4.78, 5) is 15.5. The number of benzene rings is 1. The topological polar surface area (TPSA) is 81.2 Å². The summed E-state index contributed by atoms with van der Waals surface area (Å²) < 4.78 is 33.0. The Morgan fingerprint density at radius 2 is 2.09 bits per heavy atom. The van der Waals surface area contributed by atoms with E-state index in [9.17, 15) is 13.6 Å². The highest BCUT2D eigenvalue weighted by Gasteiger charge is 2.19. The minimum atomic E-state index is -0.781. The van der Waals surface area contributed by atoms with Crippen LogP contribution in [0.1, 0.15) is 20.3 Å². The third-order valence-corrected chi connectivity index (χ3v) is 3.07. The molecule has 1 heterocycles. The highest BCUT2D eigenvalue weighted by atomic mass is 19.1. The van der Waals surface area contributed by atoms with Crippen molar-refractivity contribution in [1.82, 2.24) is 4.98 Å². The summed E-state index contributed by atoms with van der Waals surface area (Å²) in [6.45, 7) is 3.83. The Labute approximate surface area is 126 Å². The second kappa shape index (κ2) is 6.65. The first kappa shape index (κ1) is 16.1. The van der Waals surface area contributed by atoms with Gasteiger partial charge in [-0.2, -0.15) is 0 Å². The Morgan fingerprint density at radius 3 is 2.68 bits per heavy atom. The van der Waals surface area contributed by atoms with Gasteiger partial charge < -0.3 is 15.5 Å². The van der Waals surface area contributed by atoms with Gasteiger partial charge in [0.25, 0.3) is 0 Å². The van der Waals surface area contributed by atoms with Gasteiger partial charge in [-0.3, -0.25) is 4.79 Å². The van der Waals surface area contributed by atoms with Gasteiger partial charge in [-0.15, -0.1) is 0 Å². The molecule has 2 aromatic rings. The molecule has 0 spiro atoms. The molecular formula is C15H17F2N3O2. The van der Waals surface area contributed by atoms with Crippen LogP contribution in [0, 0.1) is 17.6 Å². The van der Waals surface area contributed by atoms with E-state index in [1.165, 1.54) is 6.20 Å². The molecule has 1 amide bonds. The van der Waals surface area contributed by atoms with Crippen molar-refractivity contribution in [3.8, 4) is 11.3 Å². The Balaban J connectivity index is 2.19. The van der Waals surface area contributed by atoms with Crippen LogP contribution < -0.4 is 11.1 Å². The molecule has 0 aliphatic rings. The van der Waals surface area contributed by atoms with Crippen molar-refractivity contribution in [2.24, 2.45) is 11.7 Å². The van der Waals surface area contributed by atoms with Crippen molar-refractivity contribution in [3.63, 3.8) is 0 Å². The zero-order chi connectivity index (χ0) is 16.3. The number of halogens is 2. The molecule has 118 valence electrons. The summed E-state index contributed by atoms with van der Waals surface area (Å²) >= 11 is 0. The molecule has 0 saturated heterocycles. The first-order valence-corrected chi connectivity index (χ1v) is 6.82. The number of nitrogens with two attached hydrogens (primary N) is 1. The van der Waals surface area contributed by atoms with Crippen LogP contribution in [-0.4, -0.2) is 16.9 Å². The SMILES string of the molecule is CC(C)CC(N)C(=O)Nc1cc(F)c(-c2cnco2)cc1F. The van der Waals surface area contributed by atoms with E-state index < -0.39 is 23.6 Å². The molecule has 3 N–H and O–H groups in total. The van der Waals surface area contributed by atoms with Crippen molar-refractivity contribution < 1.29 is 18.0 Å². The van der Waals surface area contributed by atoms with Gasteiger partial charge >= 0.3 is 0 Å². The van der Waals surface area contributed by atoms with Crippen molar-refractivity contribution in [2.75, 3.05) is 5.32 Å². The van der Waals surface area contributed by atoms with Crippen molar-refractivity contribution in [2.45, 2.75) is 26.3 Å². The molecule has 0 radical (unpaired) electrons. The molecule has 1 aromatic carbocycles. The monoisotopic (exact) mass is 309 g/mol. The van der Waals surface area contributed by atoms with Gasteiger partial charge in [0.2, 0.25) is 5.91 Å². The van der Waals surface area contributed by atoms with E-state index in [1.54, 1.807) is 0 Å². The maximum atomic E-state index is 14.0. The highest BCUT2D eigenvalue weighted by molar-refractivity contribution is 5.95. The average Bonchev–Trinajstić information content (AvgIpc) is 2.95. The fourth-order valence-electron chi connectivity index (χ4n) is 2.02. The lowest BCUT2D eigenvalue weighted by Crippen LogP contribution is -2.36. The van der Waals surface area contributed by atoms with Gasteiger partial charge in [0, 0.05) is 6.07 Å². The van der Waals surface area contributed by atoms with E-state index in [-0.39, 0.29) is 22.9 Å². The van der Waals surface area contributed by atoms with Crippen molar-refractivity contribution in [3.05, 3.63) is 36.4 Å². The Kier molecular flexibility index (Phi) is 4.87. The number of carbonyl (C=O) groups excluding carboxylic acids is 1. The molecule has 0 saturated carbocycles. The molecule has 0 aliphatic carbocycles. The molecule has 5 nitrogen and oxygen atoms in total. The van der Waals surface area contributed by atoms with Gasteiger partial charge in [0.1, 0.15) is 11.6 Å². The van der Waals surface area contributed by atoms with Crippen molar-refractivity contribution >= 4 is 11.6 Å². The molecule has 1 atom stereocenters. The molecule has 1 aromatic heterocycles. The maximum Gasteiger partial charge on any atom is 0.241 e. The zero-order valence-electron chi connectivity index (χ0n) is 12.3. The van der Waals surface area contributed by atoms with Crippen LogP contribution in [0.15, 0.2) is 29.1 Å². The number of anilines is 1. The smallest absolute Gasteiger partial charge is 0.241 e. The van der Waals surface area contributed by atoms with Crippen LogP contribution in [-0.2, 0) is 4.79 Å². The summed E-state index contributed by atoms with van der Waals surface area (Å²) in [6, 6.07) is 1.06. The minimum absolute atomic E-state index is 0.0699. The van der Waals surface area contributed by atoms with Crippen LogP contribution in [0.2, 0.25) is 0 Å². The van der Waals surface area contributed by atoms with Gasteiger partial charge in [-0.05, 0) is 18.4 Å². The summed E-state index contributed by atoms with van der Waals surface area (Å²) in [7, 11) is 0. The Morgan fingerprint density at radius 1 is 1.36 bits per heavy atom. The Hall–Kier alpha value is -2.28. The number of hydrogen-bond acceptors (Lipinski definition) is 4. The summed E-state index contributed by atoms with van der Waals surface area (Å²) in [5.41, 5.74) is 5.38. The van der Waals surface area contributed by atoms with E-state index in [4.69, 9.17) is 10.2 Å². The number of aromatic nitrogens is 1. The highest BCUT2D eigenvalue weighted by Crippen LogP contribution is 2.27. The molecule has 0 fully saturated rings. The van der Waals surface area contributed by atoms with Crippen LogP contribution in [0.4, 0.5) is 14.5 Å². The summed E-state index contributed by atoms with van der Waals surface area (Å²) in [6.07, 6.45) is 2.84. The molecule has 2 rings (SSSR count). The first-order chi connectivity index (χ1) is 10.4. The predicted octanol–water partition coefficient (Wildman–Crippen LogP) is 2.93. The van der Waals surface area contributed by atoms with Gasteiger partial charge in [0.05, 0.1) is 23.5 Å². The second-order valence-electron chi connectivity index (χ2n) is 5.40. The number of amides is 1. The molecule has 0 bridgehead atoms. The van der Waals surface area contributed by atoms with Crippen LogP contribution >= 0.6 is 0 Å². The van der Waals surface area contributed by atoms with E-state index in [0.29, 0.717) is 6.42 Å². The lowest BCUT2D eigenvalue weighted by molar-refractivity contribution is -0.117. The molecular weight excluding hydrogens is 292 g/mol. The van der Waals surface area contributed by atoms with Crippen LogP contribution in [0.25, 0.3) is 11.3 Å². The number of carbonyl (C=O) groups is 1. The lowest BCUT2D eigenvalue weighted by atomic mass is 10.0. The number of nitrogens with one attached hydrogen (secondary N) is 1. The second-order valence-corrected chi connectivity index (χ2v) is 5.40. The molecule has 1 unspecified atom stereocenters. The Bertz CT molecular complexity index is 657. The standard InChI is InChI=1S/C15H17F2N3O2/c1-8(2)3-12(18)15(21)20-13-5-10(16)9(4-11(13)17)14-6-19-7-22-14/h4-8,12H,3,18H2,1-2H3,(H,20,21). The third kappa shape index (κ3) is 3.67. The quantitative estimate of drug-likeness (QED) is 0.889. The van der Waals surface area contributed by atoms with E-state index in [0.717, 1.165) is 18.5 Å². The van der Waals surface area contributed by atoms with Gasteiger partial charge in [-0.1, -0.05) is 13.8 Å². The third-order valence-electron chi connectivity index (χ3n) is 3.07. The largest absolute Gasteiger partial charge is 0.443 e. The molecule has 7 heteroatoms. The number of nitrogens with zero attached hydrogens (tertiary/aromatic N) is 1. The van der Waals surface area contributed by atoms with Crippen LogP contribution in [0.5, 0.6) is 0 Å². The predicted molar refractivity (Wildman–Crippen MR) is 77.9 cm³/mol. The fourth-order valence-corrected chi connectivity index (χ4v) is 2.02. The summed E-state index contributed by atoms with van der Waals surface area (Å²) in [5, 5.41) is 2.30. The average molecular weight is 309 g/mol. The molecule has 22 heavy (non-hydrogen) atoms. The fraction of sp³-hybridized carbons (Fsp3) is 0.333. The maximum absolute atomic E-state index is 14.0. The van der Waals surface area contributed by atoms with E-state index in [2.05, 4.69) is 10.3 Å². The van der Waals surface area contributed by atoms with E-state index in [1.807, 2.05) is 13.8 Å². The van der Waals surface area contributed by atoms with E-state index >= 15 is 0 Å². The number of hydrogen-bond donors (Lipinski definition) is 2. The zero-order valence-corrected chi connectivity index (χ0v) is 12.3. The van der Waals surface area contributed by atoms with Gasteiger partial charge in [0.15, 0.2) is 12.2 Å². The number of rotatable bonds is 5. The lowest BCUT2D eigenvalue weighted by Gasteiger charge is -2.15. The minimum Gasteiger partial charge on any atom is -0.443 e. The normalized spacial score (nSPS) is 12.5. The summed E-state index contributed by atoms with van der Waals surface area (Å²) in [5.74, 6) is -1.75. The van der Waals surface area contributed by atoms with Crippen LogP contribution in [0.3, 0.4) is 0 Å².